The van der Waals surface area contributed by atoms with Crippen molar-refractivity contribution in [2.75, 3.05) is 26.4 Å². The summed E-state index contributed by atoms with van der Waals surface area (Å²) in [6, 6.07) is 7.65. The fraction of sp³-hybridized carbons (Fsp3) is 0.357. The van der Waals surface area contributed by atoms with Crippen LogP contribution in [0, 0.1) is 11.3 Å². The van der Waals surface area contributed by atoms with Crippen LogP contribution in [0.15, 0.2) is 24.3 Å². The van der Waals surface area contributed by atoms with Crippen LogP contribution in [0.25, 0.3) is 0 Å². The van der Waals surface area contributed by atoms with Gasteiger partial charge in [0.1, 0.15) is 11.8 Å². The first-order valence-corrected chi connectivity index (χ1v) is 6.41. The van der Waals surface area contributed by atoms with Crippen LogP contribution in [0.2, 0.25) is 0 Å². The van der Waals surface area contributed by atoms with Gasteiger partial charge in [0.15, 0.2) is 6.61 Å². The lowest BCUT2D eigenvalue weighted by atomic mass is 10.2. The summed E-state index contributed by atoms with van der Waals surface area (Å²) in [5.41, 5.74) is 5.76. The van der Waals surface area contributed by atoms with Crippen molar-refractivity contribution in [2.45, 2.75) is 6.04 Å². The molecule has 7 nitrogen and oxygen atoms in total. The van der Waals surface area contributed by atoms with Crippen molar-refractivity contribution in [1.29, 1.82) is 5.26 Å². The first kappa shape index (κ1) is 14.8. The first-order valence-electron chi connectivity index (χ1n) is 6.41. The summed E-state index contributed by atoms with van der Waals surface area (Å²) in [6.45, 7) is 0.586. The van der Waals surface area contributed by atoms with Gasteiger partial charge in [0.2, 0.25) is 5.91 Å². The largest absolute Gasteiger partial charge is 0.484 e. The molecule has 1 unspecified atom stereocenters. The number of nitrogens with zero attached hydrogens (tertiary/aromatic N) is 2. The summed E-state index contributed by atoms with van der Waals surface area (Å²) in [5, 5.41) is 8.69. The second-order valence-electron chi connectivity index (χ2n) is 4.51. The molecule has 1 aromatic carbocycles. The number of rotatable bonds is 4. The Balaban J connectivity index is 1.93. The standard InChI is InChI=1S/C14H15N3O4/c15-7-10-1-3-11(4-2-10)21-9-13(18)17-5-6-20-8-12(17)14(16)19/h1-4,12H,5-6,8-9H2,(H2,16,19). The molecule has 2 rings (SSSR count). The van der Waals surface area contributed by atoms with Crippen LogP contribution in [0.1, 0.15) is 5.56 Å². The van der Waals surface area contributed by atoms with Crippen molar-refractivity contribution >= 4 is 11.8 Å². The Morgan fingerprint density at radius 3 is 2.76 bits per heavy atom. The quantitative estimate of drug-likeness (QED) is 0.815. The van der Waals surface area contributed by atoms with E-state index in [1.807, 2.05) is 6.07 Å². The highest BCUT2D eigenvalue weighted by Crippen LogP contribution is 2.13. The first-order chi connectivity index (χ1) is 10.1. The summed E-state index contributed by atoms with van der Waals surface area (Å²) >= 11 is 0. The van der Waals surface area contributed by atoms with Crippen LogP contribution in [-0.2, 0) is 14.3 Å². The monoisotopic (exact) mass is 289 g/mol. The molecule has 1 aliphatic rings. The number of benzene rings is 1. The lowest BCUT2D eigenvalue weighted by Crippen LogP contribution is -2.55. The van der Waals surface area contributed by atoms with Gasteiger partial charge in [-0.3, -0.25) is 9.59 Å². The van der Waals surface area contributed by atoms with Crippen LogP contribution < -0.4 is 10.5 Å². The van der Waals surface area contributed by atoms with Gasteiger partial charge in [-0.2, -0.15) is 5.26 Å². The van der Waals surface area contributed by atoms with Crippen molar-refractivity contribution in [2.24, 2.45) is 5.73 Å². The van der Waals surface area contributed by atoms with E-state index in [0.29, 0.717) is 24.5 Å². The Labute approximate surface area is 121 Å². The molecule has 2 amide bonds. The topological polar surface area (TPSA) is 106 Å². The van der Waals surface area contributed by atoms with Crippen LogP contribution in [0.3, 0.4) is 0 Å². The van der Waals surface area contributed by atoms with E-state index in [2.05, 4.69) is 0 Å². The molecule has 1 heterocycles. The number of carbonyl (C=O) groups is 2. The molecule has 1 aromatic rings. The van der Waals surface area contributed by atoms with E-state index >= 15 is 0 Å². The van der Waals surface area contributed by atoms with Crippen LogP contribution in [0.5, 0.6) is 5.75 Å². The Morgan fingerprint density at radius 2 is 2.14 bits per heavy atom. The number of nitriles is 1. The zero-order chi connectivity index (χ0) is 15.2. The van der Waals surface area contributed by atoms with E-state index in [4.69, 9.17) is 20.5 Å². The second-order valence-corrected chi connectivity index (χ2v) is 4.51. The van der Waals surface area contributed by atoms with Crippen LogP contribution in [0.4, 0.5) is 0 Å². The molecule has 1 fully saturated rings. The van der Waals surface area contributed by atoms with E-state index in [0.717, 1.165) is 0 Å². The molecule has 2 N–H and O–H groups in total. The Bertz CT molecular complexity index is 565. The van der Waals surface area contributed by atoms with Crippen molar-refractivity contribution in [3.05, 3.63) is 29.8 Å². The molecule has 0 radical (unpaired) electrons. The minimum absolute atomic E-state index is 0.109. The number of ether oxygens (including phenoxy) is 2. The molecule has 0 spiro atoms. The molecule has 0 bridgehead atoms. The minimum atomic E-state index is -0.754. The molecule has 0 aliphatic carbocycles. The number of amides is 2. The minimum Gasteiger partial charge on any atom is -0.484 e. The molecule has 1 atom stereocenters. The van der Waals surface area contributed by atoms with Gasteiger partial charge in [-0.1, -0.05) is 0 Å². The number of carbonyl (C=O) groups excluding carboxylic acids is 2. The fourth-order valence-corrected chi connectivity index (χ4v) is 1.99. The molecule has 0 aromatic heterocycles. The van der Waals surface area contributed by atoms with E-state index in [1.165, 1.54) is 4.90 Å². The van der Waals surface area contributed by atoms with E-state index in [9.17, 15) is 9.59 Å². The van der Waals surface area contributed by atoms with Gasteiger partial charge in [-0.05, 0) is 24.3 Å². The van der Waals surface area contributed by atoms with Gasteiger partial charge in [0.25, 0.3) is 5.91 Å². The molecular weight excluding hydrogens is 274 g/mol. The van der Waals surface area contributed by atoms with Gasteiger partial charge in [-0.25, -0.2) is 0 Å². The fourth-order valence-electron chi connectivity index (χ4n) is 1.99. The third-order valence-corrected chi connectivity index (χ3v) is 3.12. The molecular formula is C14H15N3O4. The maximum absolute atomic E-state index is 12.1. The van der Waals surface area contributed by atoms with Crippen molar-refractivity contribution < 1.29 is 19.1 Å². The zero-order valence-corrected chi connectivity index (χ0v) is 11.3. The van der Waals surface area contributed by atoms with Crippen LogP contribution >= 0.6 is 0 Å². The highest BCUT2D eigenvalue weighted by molar-refractivity contribution is 5.87. The third-order valence-electron chi connectivity index (χ3n) is 3.12. The number of primary amides is 1. The summed E-state index contributed by atoms with van der Waals surface area (Å²) in [6.07, 6.45) is 0. The maximum atomic E-state index is 12.1. The normalized spacial score (nSPS) is 17.9. The predicted molar refractivity (Wildman–Crippen MR) is 72.2 cm³/mol. The smallest absolute Gasteiger partial charge is 0.261 e. The highest BCUT2D eigenvalue weighted by Gasteiger charge is 2.31. The van der Waals surface area contributed by atoms with E-state index < -0.39 is 11.9 Å². The molecule has 110 valence electrons. The average molecular weight is 289 g/mol. The summed E-state index contributed by atoms with van der Waals surface area (Å²) < 4.78 is 10.5. The third kappa shape index (κ3) is 3.70. The van der Waals surface area contributed by atoms with Crippen LogP contribution in [-0.4, -0.2) is 49.1 Å². The Kier molecular flexibility index (Phi) is 4.74. The Hall–Kier alpha value is -2.59. The summed E-state index contributed by atoms with van der Waals surface area (Å²) in [4.78, 5) is 24.8. The second kappa shape index (κ2) is 6.72. The molecule has 21 heavy (non-hydrogen) atoms. The summed E-state index contributed by atoms with van der Waals surface area (Å²) in [7, 11) is 0. The lowest BCUT2D eigenvalue weighted by molar-refractivity contribution is -0.148. The van der Waals surface area contributed by atoms with E-state index in [1.54, 1.807) is 24.3 Å². The number of hydrogen-bond donors (Lipinski definition) is 1. The van der Waals surface area contributed by atoms with E-state index in [-0.39, 0.29) is 19.1 Å². The average Bonchev–Trinajstić information content (AvgIpc) is 2.53. The highest BCUT2D eigenvalue weighted by atomic mass is 16.5. The number of morpholine rings is 1. The molecule has 1 saturated heterocycles. The van der Waals surface area contributed by atoms with Crippen molar-refractivity contribution in [3.8, 4) is 11.8 Å². The predicted octanol–water partition coefficient (Wildman–Crippen LogP) is -0.350. The SMILES string of the molecule is N#Cc1ccc(OCC(=O)N2CCOCC2C(N)=O)cc1. The number of nitrogens with two attached hydrogens (primary N) is 1. The zero-order valence-electron chi connectivity index (χ0n) is 11.3. The molecule has 0 saturated carbocycles. The van der Waals surface area contributed by atoms with Gasteiger partial charge in [-0.15, -0.1) is 0 Å². The van der Waals surface area contributed by atoms with Gasteiger partial charge in [0.05, 0.1) is 24.8 Å². The Morgan fingerprint density at radius 1 is 1.43 bits per heavy atom. The van der Waals surface area contributed by atoms with Gasteiger partial charge in [0, 0.05) is 6.54 Å². The molecule has 7 heteroatoms. The number of hydrogen-bond acceptors (Lipinski definition) is 5. The van der Waals surface area contributed by atoms with Crippen molar-refractivity contribution in [3.63, 3.8) is 0 Å². The van der Waals surface area contributed by atoms with Crippen molar-refractivity contribution in [1.82, 2.24) is 4.90 Å². The maximum Gasteiger partial charge on any atom is 0.261 e. The van der Waals surface area contributed by atoms with Gasteiger partial charge < -0.3 is 20.1 Å². The summed E-state index contributed by atoms with van der Waals surface area (Å²) in [5.74, 6) is -0.445. The molecule has 1 aliphatic heterocycles. The lowest BCUT2D eigenvalue weighted by Gasteiger charge is -2.33. The van der Waals surface area contributed by atoms with Gasteiger partial charge >= 0.3 is 0 Å².